The molecule has 0 spiro atoms. The predicted molar refractivity (Wildman–Crippen MR) is 75.2 cm³/mol. The van der Waals surface area contributed by atoms with E-state index in [4.69, 9.17) is 27.3 Å². The number of aryl methyl sites for hydroxylation is 1. The molecule has 0 amide bonds. The van der Waals surface area contributed by atoms with Crippen LogP contribution in [-0.2, 0) is 0 Å². The highest BCUT2D eigenvalue weighted by Crippen LogP contribution is 2.28. The standard InChI is InChI=1S/C14H12ClFN2O2/c1-8-2-4-10(14(17)18-19)13(6-8)20-9-3-5-11(15)12(16)7-9/h2-7,19H,1H3,(H2,17,18). The van der Waals surface area contributed by atoms with Crippen LogP contribution in [0.4, 0.5) is 4.39 Å². The van der Waals surface area contributed by atoms with E-state index in [2.05, 4.69) is 5.16 Å². The second kappa shape index (κ2) is 5.79. The Morgan fingerprint density at radius 1 is 1.30 bits per heavy atom. The molecule has 0 aliphatic carbocycles. The van der Waals surface area contributed by atoms with Crippen LogP contribution in [0.1, 0.15) is 11.1 Å². The maximum absolute atomic E-state index is 13.4. The van der Waals surface area contributed by atoms with Gasteiger partial charge in [0.2, 0.25) is 0 Å². The Hall–Kier alpha value is -2.27. The first kappa shape index (κ1) is 14.1. The molecule has 20 heavy (non-hydrogen) atoms. The lowest BCUT2D eigenvalue weighted by molar-refractivity contribution is 0.318. The lowest BCUT2D eigenvalue weighted by atomic mass is 10.1. The molecule has 4 nitrogen and oxygen atoms in total. The zero-order valence-electron chi connectivity index (χ0n) is 10.6. The van der Waals surface area contributed by atoms with E-state index in [0.717, 1.165) is 5.56 Å². The number of halogens is 2. The largest absolute Gasteiger partial charge is 0.456 e. The molecule has 104 valence electrons. The fourth-order valence-corrected chi connectivity index (χ4v) is 1.76. The Bertz CT molecular complexity index is 674. The number of nitrogens with two attached hydrogens (primary N) is 1. The number of benzene rings is 2. The molecule has 6 heteroatoms. The fourth-order valence-electron chi connectivity index (χ4n) is 1.65. The molecule has 0 aromatic heterocycles. The Labute approximate surface area is 120 Å². The molecular formula is C14H12ClFN2O2. The van der Waals surface area contributed by atoms with Gasteiger partial charge in [-0.1, -0.05) is 22.8 Å². The minimum Gasteiger partial charge on any atom is -0.456 e. The maximum atomic E-state index is 13.4. The zero-order valence-corrected chi connectivity index (χ0v) is 11.4. The number of amidine groups is 1. The van der Waals surface area contributed by atoms with Gasteiger partial charge in [0.15, 0.2) is 5.84 Å². The highest BCUT2D eigenvalue weighted by atomic mass is 35.5. The van der Waals surface area contributed by atoms with E-state index < -0.39 is 5.82 Å². The molecule has 0 saturated heterocycles. The van der Waals surface area contributed by atoms with E-state index in [9.17, 15) is 4.39 Å². The Morgan fingerprint density at radius 3 is 2.70 bits per heavy atom. The van der Waals surface area contributed by atoms with Gasteiger partial charge in [-0.3, -0.25) is 0 Å². The lowest BCUT2D eigenvalue weighted by Gasteiger charge is -2.11. The van der Waals surface area contributed by atoms with Gasteiger partial charge < -0.3 is 15.7 Å². The van der Waals surface area contributed by atoms with E-state index >= 15 is 0 Å². The summed E-state index contributed by atoms with van der Waals surface area (Å²) < 4.78 is 19.0. The van der Waals surface area contributed by atoms with Crippen molar-refractivity contribution in [3.05, 3.63) is 58.4 Å². The minimum atomic E-state index is -0.581. The van der Waals surface area contributed by atoms with Crippen molar-refractivity contribution in [3.63, 3.8) is 0 Å². The average Bonchev–Trinajstić information content (AvgIpc) is 2.42. The molecule has 0 radical (unpaired) electrons. The van der Waals surface area contributed by atoms with Crippen molar-refractivity contribution in [3.8, 4) is 11.5 Å². The molecule has 0 aliphatic heterocycles. The van der Waals surface area contributed by atoms with Crippen LogP contribution in [-0.4, -0.2) is 11.0 Å². The maximum Gasteiger partial charge on any atom is 0.173 e. The summed E-state index contributed by atoms with van der Waals surface area (Å²) >= 11 is 5.61. The topological polar surface area (TPSA) is 67.8 Å². The van der Waals surface area contributed by atoms with Crippen LogP contribution in [0.5, 0.6) is 11.5 Å². The first-order valence-electron chi connectivity index (χ1n) is 5.72. The second-order valence-corrected chi connectivity index (χ2v) is 4.57. The van der Waals surface area contributed by atoms with Gasteiger partial charge in [0.05, 0.1) is 10.6 Å². The van der Waals surface area contributed by atoms with Crippen molar-refractivity contribution in [1.82, 2.24) is 0 Å². The van der Waals surface area contributed by atoms with Gasteiger partial charge in [-0.2, -0.15) is 0 Å². The van der Waals surface area contributed by atoms with Crippen molar-refractivity contribution in [2.75, 3.05) is 0 Å². The summed E-state index contributed by atoms with van der Waals surface area (Å²) in [6.45, 7) is 1.87. The van der Waals surface area contributed by atoms with Crippen LogP contribution in [0, 0.1) is 12.7 Å². The molecule has 0 unspecified atom stereocenters. The monoisotopic (exact) mass is 294 g/mol. The summed E-state index contributed by atoms with van der Waals surface area (Å²) in [5.74, 6) is -0.0388. The summed E-state index contributed by atoms with van der Waals surface area (Å²) in [5.41, 5.74) is 6.91. The van der Waals surface area contributed by atoms with Crippen LogP contribution in [0.15, 0.2) is 41.6 Å². The minimum absolute atomic E-state index is 0.0123. The quantitative estimate of drug-likeness (QED) is 0.393. The van der Waals surface area contributed by atoms with Gasteiger partial charge in [0.1, 0.15) is 17.3 Å². The number of rotatable bonds is 3. The van der Waals surface area contributed by atoms with Gasteiger partial charge >= 0.3 is 0 Å². The summed E-state index contributed by atoms with van der Waals surface area (Å²) in [5, 5.41) is 11.7. The molecule has 0 saturated carbocycles. The summed E-state index contributed by atoms with van der Waals surface area (Å²) in [4.78, 5) is 0. The normalized spacial score (nSPS) is 11.4. The first-order valence-corrected chi connectivity index (χ1v) is 6.10. The zero-order chi connectivity index (χ0) is 14.7. The Kier molecular flexibility index (Phi) is 4.10. The Balaban J connectivity index is 2.41. The predicted octanol–water partition coefficient (Wildman–Crippen LogP) is 3.67. The molecule has 0 fully saturated rings. The highest BCUT2D eigenvalue weighted by molar-refractivity contribution is 6.30. The van der Waals surface area contributed by atoms with Crippen molar-refractivity contribution in [1.29, 1.82) is 0 Å². The lowest BCUT2D eigenvalue weighted by Crippen LogP contribution is -2.14. The van der Waals surface area contributed by atoms with Crippen molar-refractivity contribution in [2.24, 2.45) is 10.9 Å². The average molecular weight is 295 g/mol. The van der Waals surface area contributed by atoms with E-state index in [0.29, 0.717) is 11.3 Å². The smallest absolute Gasteiger partial charge is 0.173 e. The van der Waals surface area contributed by atoms with E-state index in [-0.39, 0.29) is 16.6 Å². The molecule has 2 rings (SSSR count). The Morgan fingerprint density at radius 2 is 2.05 bits per heavy atom. The van der Waals surface area contributed by atoms with Crippen LogP contribution < -0.4 is 10.5 Å². The van der Waals surface area contributed by atoms with Crippen molar-refractivity contribution < 1.29 is 14.3 Å². The SMILES string of the molecule is Cc1ccc(/C(N)=N/O)c(Oc2ccc(Cl)c(F)c2)c1. The molecule has 0 aliphatic rings. The van der Waals surface area contributed by atoms with Crippen molar-refractivity contribution in [2.45, 2.75) is 6.92 Å². The third kappa shape index (κ3) is 3.00. The van der Waals surface area contributed by atoms with Gasteiger partial charge in [0.25, 0.3) is 0 Å². The summed E-state index contributed by atoms with van der Waals surface area (Å²) in [6, 6.07) is 9.25. The van der Waals surface area contributed by atoms with E-state index in [1.165, 1.54) is 18.2 Å². The van der Waals surface area contributed by atoms with Crippen molar-refractivity contribution >= 4 is 17.4 Å². The van der Waals surface area contributed by atoms with Gasteiger partial charge in [-0.15, -0.1) is 0 Å². The number of nitrogens with zero attached hydrogens (tertiary/aromatic N) is 1. The number of hydrogen-bond donors (Lipinski definition) is 2. The molecule has 0 atom stereocenters. The molecule has 3 N–H and O–H groups in total. The third-order valence-corrected chi connectivity index (χ3v) is 2.95. The van der Waals surface area contributed by atoms with Crippen LogP contribution >= 0.6 is 11.6 Å². The van der Waals surface area contributed by atoms with E-state index in [1.807, 2.05) is 6.92 Å². The van der Waals surface area contributed by atoms with Crippen LogP contribution in [0.3, 0.4) is 0 Å². The first-order chi connectivity index (χ1) is 9.51. The molecule has 0 bridgehead atoms. The van der Waals surface area contributed by atoms with Crippen LogP contribution in [0.2, 0.25) is 5.02 Å². The molecule has 0 heterocycles. The molecule has 2 aromatic rings. The molecular weight excluding hydrogens is 283 g/mol. The fraction of sp³-hybridized carbons (Fsp3) is 0.0714. The number of hydrogen-bond acceptors (Lipinski definition) is 3. The van der Waals surface area contributed by atoms with Crippen LogP contribution in [0.25, 0.3) is 0 Å². The number of ether oxygens (including phenoxy) is 1. The highest BCUT2D eigenvalue weighted by Gasteiger charge is 2.11. The number of oxime groups is 1. The second-order valence-electron chi connectivity index (χ2n) is 4.16. The summed E-state index contributed by atoms with van der Waals surface area (Å²) in [6.07, 6.45) is 0. The third-order valence-electron chi connectivity index (χ3n) is 2.64. The van der Waals surface area contributed by atoms with Gasteiger partial charge in [-0.25, -0.2) is 4.39 Å². The summed E-state index contributed by atoms with van der Waals surface area (Å²) in [7, 11) is 0. The van der Waals surface area contributed by atoms with Gasteiger partial charge in [-0.05, 0) is 36.8 Å². The van der Waals surface area contributed by atoms with Gasteiger partial charge in [0, 0.05) is 6.07 Å². The van der Waals surface area contributed by atoms with E-state index in [1.54, 1.807) is 18.2 Å². The molecule has 2 aromatic carbocycles.